The van der Waals surface area contributed by atoms with Crippen molar-refractivity contribution in [3.05, 3.63) is 29.8 Å². The summed E-state index contributed by atoms with van der Waals surface area (Å²) in [5.41, 5.74) is -4.96. The van der Waals surface area contributed by atoms with Gasteiger partial charge in [-0.2, -0.15) is 13.2 Å². The first-order valence-electron chi connectivity index (χ1n) is 7.86. The van der Waals surface area contributed by atoms with E-state index in [1.807, 2.05) is 20.8 Å². The van der Waals surface area contributed by atoms with E-state index in [1.165, 1.54) is 12.1 Å². The number of benzene rings is 1. The summed E-state index contributed by atoms with van der Waals surface area (Å²) in [6.07, 6.45) is 1.55. The van der Waals surface area contributed by atoms with E-state index in [0.717, 1.165) is 24.1 Å². The Morgan fingerprint density at radius 2 is 1.62 bits per heavy atom. The van der Waals surface area contributed by atoms with Gasteiger partial charge < -0.3 is 4.74 Å². The Balaban J connectivity index is 2.89. The molecule has 0 aliphatic heterocycles. The molecule has 2 unspecified atom stereocenters. The molecular weight excluding hydrogens is 395 g/mol. The third-order valence-electron chi connectivity index (χ3n) is 3.58. The maximum absolute atomic E-state index is 12.3. The number of halogens is 3. The van der Waals surface area contributed by atoms with Crippen LogP contribution < -0.4 is 4.13 Å². The first kappa shape index (κ1) is 22.9. The summed E-state index contributed by atoms with van der Waals surface area (Å²) in [6, 6.07) is 5.01. The molecule has 6 nitrogen and oxygen atoms in total. The normalized spacial score (nSPS) is 15.6. The fourth-order valence-corrected chi connectivity index (χ4v) is 4.65. The van der Waals surface area contributed by atoms with Crippen LogP contribution in [0.4, 0.5) is 13.2 Å². The van der Waals surface area contributed by atoms with E-state index < -0.39 is 30.5 Å². The van der Waals surface area contributed by atoms with Gasteiger partial charge in [0, 0.05) is 6.61 Å². The molecule has 1 aromatic carbocycles. The topological polar surface area (TPSA) is 89.5 Å². The van der Waals surface area contributed by atoms with Gasteiger partial charge in [0.2, 0.25) is 0 Å². The molecule has 0 amide bonds. The third-order valence-corrected chi connectivity index (χ3v) is 6.83. The van der Waals surface area contributed by atoms with Gasteiger partial charge in [-0.3, -0.25) is 0 Å². The van der Waals surface area contributed by atoms with Crippen LogP contribution in [0.5, 0.6) is 0 Å². The van der Waals surface area contributed by atoms with Gasteiger partial charge in [-0.25, -0.2) is 16.8 Å². The lowest BCUT2D eigenvalue weighted by Gasteiger charge is -2.18. The van der Waals surface area contributed by atoms with Crippen LogP contribution in [-0.2, 0) is 24.8 Å². The number of alkyl halides is 3. The molecule has 0 heterocycles. The summed E-state index contributed by atoms with van der Waals surface area (Å²) in [5.74, 6) is 0.0190. The molecule has 0 radical (unpaired) electrons. The molecule has 1 aromatic rings. The van der Waals surface area contributed by atoms with Crippen LogP contribution in [0.3, 0.4) is 0 Å². The zero-order chi connectivity index (χ0) is 20.2. The molecule has 0 saturated heterocycles. The highest BCUT2D eigenvalue weighted by Crippen LogP contribution is 2.26. The Kier molecular flexibility index (Phi) is 7.63. The maximum atomic E-state index is 12.3. The van der Waals surface area contributed by atoms with E-state index in [0.29, 0.717) is 17.2 Å². The number of ether oxygens (including phenoxy) is 1. The Morgan fingerprint density at radius 1 is 1.08 bits per heavy atom. The minimum atomic E-state index is -6.01. The fourth-order valence-electron chi connectivity index (χ4n) is 2.24. The second-order valence-electron chi connectivity index (χ2n) is 5.92. The molecule has 0 spiro atoms. The molecule has 0 aromatic heterocycles. The second-order valence-corrected chi connectivity index (χ2v) is 9.54. The predicted molar refractivity (Wildman–Crippen MR) is 90.5 cm³/mol. The van der Waals surface area contributed by atoms with Gasteiger partial charge in [-0.05, 0) is 43.4 Å². The maximum Gasteiger partial charge on any atom is 0.512 e. The quantitative estimate of drug-likeness (QED) is 0.667. The highest BCUT2D eigenvalue weighted by molar-refractivity contribution is 8.05. The monoisotopic (exact) mass is 417 g/mol. The van der Waals surface area contributed by atoms with Crippen molar-refractivity contribution in [3.63, 3.8) is 0 Å². The van der Waals surface area contributed by atoms with Gasteiger partial charge in [-0.15, -0.1) is 0 Å². The SMILES string of the molecule is CCCOC(C)CC(C)c1ccc(S(=O)(=O)NS(=O)(=O)C(F)(F)F)cc1. The molecule has 1 N–H and O–H groups in total. The van der Waals surface area contributed by atoms with Gasteiger partial charge in [0.25, 0.3) is 10.0 Å². The molecule has 1 rings (SSSR count). The van der Waals surface area contributed by atoms with Crippen LogP contribution in [-0.4, -0.2) is 35.1 Å². The number of hydrogen-bond acceptors (Lipinski definition) is 5. The largest absolute Gasteiger partial charge is 0.512 e. The Hall–Kier alpha value is -1.17. The molecule has 0 aliphatic carbocycles. The van der Waals surface area contributed by atoms with Crippen LogP contribution in [0.15, 0.2) is 29.2 Å². The van der Waals surface area contributed by atoms with Crippen molar-refractivity contribution in [1.82, 2.24) is 4.13 Å². The second kappa shape index (κ2) is 8.68. The van der Waals surface area contributed by atoms with Crippen molar-refractivity contribution in [2.75, 3.05) is 6.61 Å². The van der Waals surface area contributed by atoms with Crippen molar-refractivity contribution in [2.24, 2.45) is 0 Å². The number of rotatable bonds is 9. The van der Waals surface area contributed by atoms with Crippen LogP contribution in [0.25, 0.3) is 0 Å². The standard InChI is InChI=1S/C15H22F3NO5S2/c1-4-9-24-12(3)10-11(2)13-5-7-14(8-6-13)25(20,21)19-26(22,23)15(16,17)18/h5-8,11-12,19H,4,9-10H2,1-3H3. The first-order valence-corrected chi connectivity index (χ1v) is 10.8. The zero-order valence-electron chi connectivity index (χ0n) is 14.6. The fraction of sp³-hybridized carbons (Fsp3) is 0.600. The third kappa shape index (κ3) is 6.22. The van der Waals surface area contributed by atoms with Crippen molar-refractivity contribution in [3.8, 4) is 0 Å². The Labute approximate surface area is 151 Å². The predicted octanol–water partition coefficient (Wildman–Crippen LogP) is 3.12. The van der Waals surface area contributed by atoms with E-state index in [4.69, 9.17) is 4.74 Å². The lowest BCUT2D eigenvalue weighted by molar-refractivity contribution is -0.0441. The minimum absolute atomic E-state index is 0.00745. The minimum Gasteiger partial charge on any atom is -0.378 e. The Morgan fingerprint density at radius 3 is 2.08 bits per heavy atom. The van der Waals surface area contributed by atoms with Gasteiger partial charge >= 0.3 is 15.5 Å². The summed E-state index contributed by atoms with van der Waals surface area (Å²) in [5, 5.41) is 0. The molecule has 0 fully saturated rings. The average Bonchev–Trinajstić information content (AvgIpc) is 2.51. The van der Waals surface area contributed by atoms with Gasteiger partial charge in [0.05, 0.1) is 11.0 Å². The van der Waals surface area contributed by atoms with Gasteiger partial charge in [0.1, 0.15) is 0 Å². The van der Waals surface area contributed by atoms with E-state index in [9.17, 15) is 30.0 Å². The van der Waals surface area contributed by atoms with Gasteiger partial charge in [-0.1, -0.05) is 30.1 Å². The summed E-state index contributed by atoms with van der Waals surface area (Å²) < 4.78 is 89.0. The van der Waals surface area contributed by atoms with E-state index in [-0.39, 0.29) is 12.0 Å². The van der Waals surface area contributed by atoms with Crippen LogP contribution in [0, 0.1) is 0 Å². The van der Waals surface area contributed by atoms with Gasteiger partial charge in [0.15, 0.2) is 0 Å². The van der Waals surface area contributed by atoms with Crippen LogP contribution in [0.1, 0.15) is 45.1 Å². The summed E-state index contributed by atoms with van der Waals surface area (Å²) in [4.78, 5) is -0.573. The van der Waals surface area contributed by atoms with E-state index in [2.05, 4.69) is 0 Å². The van der Waals surface area contributed by atoms with Crippen molar-refractivity contribution in [2.45, 2.75) is 56.0 Å². The molecule has 11 heteroatoms. The molecule has 2 atom stereocenters. The molecule has 26 heavy (non-hydrogen) atoms. The molecular formula is C15H22F3NO5S2. The van der Waals surface area contributed by atoms with Crippen molar-refractivity contribution < 1.29 is 34.7 Å². The lowest BCUT2D eigenvalue weighted by Crippen LogP contribution is -2.40. The first-order chi connectivity index (χ1) is 11.8. The molecule has 0 saturated carbocycles. The molecule has 0 bridgehead atoms. The average molecular weight is 417 g/mol. The van der Waals surface area contributed by atoms with E-state index in [1.54, 1.807) is 0 Å². The van der Waals surface area contributed by atoms with Crippen LogP contribution >= 0.6 is 0 Å². The van der Waals surface area contributed by atoms with Crippen molar-refractivity contribution >= 4 is 20.0 Å². The van der Waals surface area contributed by atoms with E-state index >= 15 is 0 Å². The summed E-state index contributed by atoms with van der Waals surface area (Å²) in [7, 11) is -10.9. The number of nitrogens with one attached hydrogen (secondary N) is 1. The molecule has 150 valence electrons. The summed E-state index contributed by atoms with van der Waals surface area (Å²) in [6.45, 7) is 6.44. The number of sulfonamides is 2. The summed E-state index contributed by atoms with van der Waals surface area (Å²) >= 11 is 0. The molecule has 0 aliphatic rings. The van der Waals surface area contributed by atoms with Crippen LogP contribution in [0.2, 0.25) is 0 Å². The Bertz CT molecular complexity index is 790. The zero-order valence-corrected chi connectivity index (χ0v) is 16.2. The highest BCUT2D eigenvalue weighted by atomic mass is 32.3. The smallest absolute Gasteiger partial charge is 0.378 e. The lowest BCUT2D eigenvalue weighted by atomic mass is 9.95. The highest BCUT2D eigenvalue weighted by Gasteiger charge is 2.48. The van der Waals surface area contributed by atoms with Crippen molar-refractivity contribution in [1.29, 1.82) is 0 Å². The number of hydrogen-bond donors (Lipinski definition) is 1.